The summed E-state index contributed by atoms with van der Waals surface area (Å²) in [4.78, 5) is 11.8. The van der Waals surface area contributed by atoms with Gasteiger partial charge in [-0.05, 0) is 29.8 Å². The lowest BCUT2D eigenvalue weighted by Crippen LogP contribution is -2.16. The molecule has 5 heteroatoms. The average Bonchev–Trinajstić information content (AvgIpc) is 2.43. The van der Waals surface area contributed by atoms with Crippen LogP contribution in [-0.2, 0) is 11.2 Å². The quantitative estimate of drug-likeness (QED) is 0.840. The molecule has 0 bridgehead atoms. The number of benzene rings is 2. The molecule has 1 amide bonds. The van der Waals surface area contributed by atoms with Gasteiger partial charge >= 0.3 is 0 Å². The van der Waals surface area contributed by atoms with Gasteiger partial charge in [0.1, 0.15) is 5.82 Å². The first-order valence-corrected chi connectivity index (χ1v) is 5.93. The van der Waals surface area contributed by atoms with Crippen LogP contribution < -0.4 is 11.1 Å². The number of hydrogen-bond acceptors (Lipinski definition) is 3. The molecular formula is C15H12FN3O. The topological polar surface area (TPSA) is 78.9 Å². The molecule has 0 atom stereocenters. The van der Waals surface area contributed by atoms with Gasteiger partial charge in [0.15, 0.2) is 0 Å². The van der Waals surface area contributed by atoms with E-state index in [1.165, 1.54) is 12.1 Å². The summed E-state index contributed by atoms with van der Waals surface area (Å²) in [6.45, 7) is 0. The van der Waals surface area contributed by atoms with E-state index in [9.17, 15) is 9.18 Å². The molecule has 0 radical (unpaired) electrons. The largest absolute Gasteiger partial charge is 0.398 e. The predicted octanol–water partition coefficient (Wildman–Crippen LogP) is 2.46. The Labute approximate surface area is 115 Å². The molecule has 0 aliphatic heterocycles. The first-order valence-electron chi connectivity index (χ1n) is 5.93. The van der Waals surface area contributed by atoms with Crippen LogP contribution in [0.1, 0.15) is 11.1 Å². The maximum Gasteiger partial charge on any atom is 0.228 e. The standard InChI is InChI=1S/C15H12FN3O/c16-12-7-10(9-17)5-6-14(12)19-15(20)8-11-3-1-2-4-13(11)18/h1-7H,8,18H2,(H,19,20). The molecule has 2 rings (SSSR count). The van der Waals surface area contributed by atoms with Crippen LogP contribution in [0.25, 0.3) is 0 Å². The average molecular weight is 269 g/mol. The van der Waals surface area contributed by atoms with E-state index in [-0.39, 0.29) is 23.6 Å². The van der Waals surface area contributed by atoms with Crippen molar-refractivity contribution < 1.29 is 9.18 Å². The van der Waals surface area contributed by atoms with Crippen molar-refractivity contribution in [1.82, 2.24) is 0 Å². The monoisotopic (exact) mass is 269 g/mol. The second-order valence-corrected chi connectivity index (χ2v) is 4.23. The van der Waals surface area contributed by atoms with Crippen molar-refractivity contribution in [1.29, 1.82) is 5.26 Å². The van der Waals surface area contributed by atoms with Gasteiger partial charge < -0.3 is 11.1 Å². The van der Waals surface area contributed by atoms with Crippen LogP contribution in [0.15, 0.2) is 42.5 Å². The molecule has 100 valence electrons. The van der Waals surface area contributed by atoms with E-state index in [4.69, 9.17) is 11.0 Å². The second kappa shape index (κ2) is 5.85. The van der Waals surface area contributed by atoms with Crippen molar-refractivity contribution >= 4 is 17.3 Å². The Morgan fingerprint density at radius 1 is 1.30 bits per heavy atom. The van der Waals surface area contributed by atoms with Crippen LogP contribution in [0, 0.1) is 17.1 Å². The molecule has 0 aromatic heterocycles. The number of nitrogens with two attached hydrogens (primary N) is 1. The number of rotatable bonds is 3. The Morgan fingerprint density at radius 2 is 2.05 bits per heavy atom. The van der Waals surface area contributed by atoms with Gasteiger partial charge in [0.2, 0.25) is 5.91 Å². The molecule has 0 aliphatic rings. The normalized spacial score (nSPS) is 9.80. The summed E-state index contributed by atoms with van der Waals surface area (Å²) >= 11 is 0. The van der Waals surface area contributed by atoms with Gasteiger partial charge in [-0.1, -0.05) is 18.2 Å². The van der Waals surface area contributed by atoms with E-state index in [0.717, 1.165) is 6.07 Å². The zero-order valence-corrected chi connectivity index (χ0v) is 10.6. The number of nitrogen functional groups attached to an aromatic ring is 1. The van der Waals surface area contributed by atoms with Crippen molar-refractivity contribution in [2.24, 2.45) is 0 Å². The summed E-state index contributed by atoms with van der Waals surface area (Å²) in [6.07, 6.45) is 0.0616. The third kappa shape index (κ3) is 3.12. The first kappa shape index (κ1) is 13.6. The Morgan fingerprint density at radius 3 is 2.70 bits per heavy atom. The Kier molecular flexibility index (Phi) is 3.96. The van der Waals surface area contributed by atoms with Crippen LogP contribution in [0.5, 0.6) is 0 Å². The highest BCUT2D eigenvalue weighted by atomic mass is 19.1. The molecular weight excluding hydrogens is 257 g/mol. The van der Waals surface area contributed by atoms with Crippen LogP contribution in [0.2, 0.25) is 0 Å². The molecule has 3 N–H and O–H groups in total. The lowest BCUT2D eigenvalue weighted by atomic mass is 10.1. The minimum atomic E-state index is -0.640. The van der Waals surface area contributed by atoms with Crippen molar-refractivity contribution in [3.8, 4) is 6.07 Å². The van der Waals surface area contributed by atoms with Gasteiger partial charge in [-0.25, -0.2) is 4.39 Å². The van der Waals surface area contributed by atoms with Gasteiger partial charge in [0.25, 0.3) is 0 Å². The van der Waals surface area contributed by atoms with Gasteiger partial charge in [0, 0.05) is 5.69 Å². The third-order valence-corrected chi connectivity index (χ3v) is 2.78. The summed E-state index contributed by atoms with van der Waals surface area (Å²) in [6, 6.07) is 12.7. The van der Waals surface area contributed by atoms with Gasteiger partial charge in [-0.15, -0.1) is 0 Å². The van der Waals surface area contributed by atoms with Crippen LogP contribution in [-0.4, -0.2) is 5.91 Å². The highest BCUT2D eigenvalue weighted by Gasteiger charge is 2.10. The molecule has 0 saturated carbocycles. The van der Waals surface area contributed by atoms with Crippen molar-refractivity contribution in [2.75, 3.05) is 11.1 Å². The molecule has 2 aromatic rings. The number of para-hydroxylation sites is 1. The minimum absolute atomic E-state index is 0.0449. The van der Waals surface area contributed by atoms with Crippen molar-refractivity contribution in [2.45, 2.75) is 6.42 Å². The molecule has 4 nitrogen and oxygen atoms in total. The summed E-state index contributed by atoms with van der Waals surface area (Å²) in [7, 11) is 0. The Bertz CT molecular complexity index is 692. The highest BCUT2D eigenvalue weighted by molar-refractivity contribution is 5.93. The maximum absolute atomic E-state index is 13.6. The fourth-order valence-corrected chi connectivity index (χ4v) is 1.75. The summed E-state index contributed by atoms with van der Waals surface area (Å²) in [5, 5.41) is 11.1. The highest BCUT2D eigenvalue weighted by Crippen LogP contribution is 2.17. The lowest BCUT2D eigenvalue weighted by molar-refractivity contribution is -0.115. The molecule has 0 heterocycles. The van der Waals surface area contributed by atoms with E-state index in [1.807, 2.05) is 6.07 Å². The van der Waals surface area contributed by atoms with E-state index in [2.05, 4.69) is 5.32 Å². The predicted molar refractivity (Wildman–Crippen MR) is 74.3 cm³/mol. The molecule has 0 spiro atoms. The van der Waals surface area contributed by atoms with Crippen molar-refractivity contribution in [3.05, 3.63) is 59.4 Å². The van der Waals surface area contributed by atoms with Gasteiger partial charge in [0.05, 0.1) is 23.7 Å². The van der Waals surface area contributed by atoms with E-state index >= 15 is 0 Å². The van der Waals surface area contributed by atoms with E-state index in [0.29, 0.717) is 11.3 Å². The second-order valence-electron chi connectivity index (χ2n) is 4.23. The van der Waals surface area contributed by atoms with E-state index in [1.54, 1.807) is 24.3 Å². The summed E-state index contributed by atoms with van der Waals surface area (Å²) < 4.78 is 13.6. The third-order valence-electron chi connectivity index (χ3n) is 2.78. The summed E-state index contributed by atoms with van der Waals surface area (Å²) in [5.74, 6) is -1.01. The number of carbonyl (C=O) groups excluding carboxylic acids is 1. The first-order chi connectivity index (χ1) is 9.60. The number of hydrogen-bond donors (Lipinski definition) is 2. The number of anilines is 2. The van der Waals surface area contributed by atoms with E-state index < -0.39 is 5.82 Å². The minimum Gasteiger partial charge on any atom is -0.398 e. The van der Waals surface area contributed by atoms with Crippen LogP contribution in [0.4, 0.5) is 15.8 Å². The SMILES string of the molecule is N#Cc1ccc(NC(=O)Cc2ccccc2N)c(F)c1. The molecule has 0 unspecified atom stereocenters. The maximum atomic E-state index is 13.6. The molecule has 2 aromatic carbocycles. The van der Waals surface area contributed by atoms with Gasteiger partial charge in [-0.2, -0.15) is 5.26 Å². The Hall–Kier alpha value is -2.87. The number of nitrogens with zero attached hydrogens (tertiary/aromatic N) is 1. The zero-order chi connectivity index (χ0) is 14.5. The van der Waals surface area contributed by atoms with Crippen LogP contribution >= 0.6 is 0 Å². The molecule has 0 saturated heterocycles. The Balaban J connectivity index is 2.09. The lowest BCUT2D eigenvalue weighted by Gasteiger charge is -2.08. The molecule has 20 heavy (non-hydrogen) atoms. The number of carbonyl (C=O) groups is 1. The molecule has 0 fully saturated rings. The van der Waals surface area contributed by atoms with Crippen LogP contribution in [0.3, 0.4) is 0 Å². The fraction of sp³-hybridized carbons (Fsp3) is 0.0667. The summed E-state index contributed by atoms with van der Waals surface area (Å²) in [5.41, 5.74) is 7.18. The van der Waals surface area contributed by atoms with Gasteiger partial charge in [-0.3, -0.25) is 4.79 Å². The number of nitrogens with one attached hydrogen (secondary N) is 1. The number of halogens is 1. The molecule has 0 aliphatic carbocycles. The number of nitriles is 1. The van der Waals surface area contributed by atoms with Crippen molar-refractivity contribution in [3.63, 3.8) is 0 Å². The fourth-order valence-electron chi connectivity index (χ4n) is 1.75. The zero-order valence-electron chi connectivity index (χ0n) is 10.6. The number of amides is 1. The smallest absolute Gasteiger partial charge is 0.228 e.